The quantitative estimate of drug-likeness (QED) is 0.882. The number of halogens is 1. The molecule has 96 valence electrons. The van der Waals surface area contributed by atoms with Gasteiger partial charge in [-0.1, -0.05) is 11.6 Å². The van der Waals surface area contributed by atoms with E-state index < -0.39 is 12.1 Å². The van der Waals surface area contributed by atoms with Gasteiger partial charge in [0.15, 0.2) is 0 Å². The van der Waals surface area contributed by atoms with Gasteiger partial charge < -0.3 is 15.2 Å². The minimum absolute atomic E-state index is 0.00628. The Labute approximate surface area is 109 Å². The molecule has 6 heteroatoms. The molecule has 1 aliphatic rings. The average molecular weight is 270 g/mol. The summed E-state index contributed by atoms with van der Waals surface area (Å²) in [6.45, 7) is 0.594. The third kappa shape index (κ3) is 2.80. The van der Waals surface area contributed by atoms with E-state index in [-0.39, 0.29) is 16.5 Å². The first-order valence-corrected chi connectivity index (χ1v) is 5.91. The van der Waals surface area contributed by atoms with Gasteiger partial charge in [0.1, 0.15) is 6.10 Å². The Bertz CT molecular complexity index is 483. The number of hydrogen-bond acceptors (Lipinski definition) is 3. The lowest BCUT2D eigenvalue weighted by Gasteiger charge is -2.11. The van der Waals surface area contributed by atoms with Crippen LogP contribution in [0.15, 0.2) is 18.2 Å². The summed E-state index contributed by atoms with van der Waals surface area (Å²) in [4.78, 5) is 22.5. The molecule has 0 radical (unpaired) electrons. The van der Waals surface area contributed by atoms with E-state index in [1.54, 1.807) is 0 Å². The molecule has 0 unspecified atom stereocenters. The van der Waals surface area contributed by atoms with Crippen molar-refractivity contribution < 1.29 is 19.4 Å². The number of aromatic carboxylic acids is 1. The van der Waals surface area contributed by atoms with Gasteiger partial charge in [0, 0.05) is 12.3 Å². The Morgan fingerprint density at radius 2 is 2.22 bits per heavy atom. The highest BCUT2D eigenvalue weighted by molar-refractivity contribution is 6.33. The number of carbonyl (C=O) groups is 2. The second-order valence-electron chi connectivity index (χ2n) is 3.99. The van der Waals surface area contributed by atoms with Crippen molar-refractivity contribution in [1.29, 1.82) is 0 Å². The maximum absolute atomic E-state index is 11.7. The van der Waals surface area contributed by atoms with Crippen molar-refractivity contribution in [3.05, 3.63) is 28.8 Å². The first kappa shape index (κ1) is 12.9. The summed E-state index contributed by atoms with van der Waals surface area (Å²) < 4.78 is 5.24. The molecule has 0 saturated carbocycles. The number of amides is 1. The van der Waals surface area contributed by atoms with E-state index in [4.69, 9.17) is 21.4 Å². The van der Waals surface area contributed by atoms with Gasteiger partial charge in [-0.2, -0.15) is 0 Å². The van der Waals surface area contributed by atoms with Gasteiger partial charge in [0.2, 0.25) is 0 Å². The number of benzene rings is 1. The highest BCUT2D eigenvalue weighted by Crippen LogP contribution is 2.22. The van der Waals surface area contributed by atoms with Gasteiger partial charge in [-0.25, -0.2) is 4.79 Å². The summed E-state index contributed by atoms with van der Waals surface area (Å²) in [6, 6.07) is 4.27. The lowest BCUT2D eigenvalue weighted by molar-refractivity contribution is -0.124. The number of nitrogens with one attached hydrogen (secondary N) is 1. The minimum atomic E-state index is -1.10. The zero-order valence-electron chi connectivity index (χ0n) is 9.48. The van der Waals surface area contributed by atoms with E-state index in [1.807, 2.05) is 0 Å². The molecule has 1 fully saturated rings. The molecule has 1 atom stereocenters. The van der Waals surface area contributed by atoms with Crippen LogP contribution >= 0.6 is 11.6 Å². The largest absolute Gasteiger partial charge is 0.478 e. The van der Waals surface area contributed by atoms with Crippen LogP contribution in [0.25, 0.3) is 0 Å². The van der Waals surface area contributed by atoms with E-state index in [9.17, 15) is 9.59 Å². The summed E-state index contributed by atoms with van der Waals surface area (Å²) in [7, 11) is 0. The lowest BCUT2D eigenvalue weighted by atomic mass is 10.2. The highest BCUT2D eigenvalue weighted by atomic mass is 35.5. The van der Waals surface area contributed by atoms with Gasteiger partial charge in [0.05, 0.1) is 10.6 Å². The van der Waals surface area contributed by atoms with Crippen LogP contribution in [0.2, 0.25) is 5.02 Å². The van der Waals surface area contributed by atoms with Crippen molar-refractivity contribution in [2.24, 2.45) is 0 Å². The van der Waals surface area contributed by atoms with Crippen LogP contribution in [-0.2, 0) is 9.53 Å². The summed E-state index contributed by atoms with van der Waals surface area (Å²) >= 11 is 5.80. The maximum Gasteiger partial charge on any atom is 0.337 e. The molecular weight excluding hydrogens is 258 g/mol. The number of hydrogen-bond donors (Lipinski definition) is 2. The van der Waals surface area contributed by atoms with Crippen LogP contribution in [0, 0.1) is 0 Å². The molecule has 1 amide bonds. The molecule has 0 aromatic heterocycles. The molecule has 0 spiro atoms. The molecular formula is C12H12ClNO4. The first-order valence-electron chi connectivity index (χ1n) is 5.53. The third-order valence-corrected chi connectivity index (χ3v) is 3.00. The fourth-order valence-corrected chi connectivity index (χ4v) is 2.03. The molecule has 1 heterocycles. The van der Waals surface area contributed by atoms with Gasteiger partial charge in [-0.3, -0.25) is 4.79 Å². The van der Waals surface area contributed by atoms with Crippen LogP contribution < -0.4 is 5.32 Å². The van der Waals surface area contributed by atoms with Gasteiger partial charge in [-0.05, 0) is 31.0 Å². The standard InChI is InChI=1S/C12H12ClNO4/c13-9-6-7(3-4-8(9)12(16)17)14-11(15)10-2-1-5-18-10/h3-4,6,10H,1-2,5H2,(H,14,15)(H,16,17)/t10-/m0/s1. The Kier molecular flexibility index (Phi) is 3.84. The molecule has 5 nitrogen and oxygen atoms in total. The molecule has 0 aliphatic carbocycles. The second-order valence-corrected chi connectivity index (χ2v) is 4.40. The predicted octanol–water partition coefficient (Wildman–Crippen LogP) is 2.16. The zero-order valence-corrected chi connectivity index (χ0v) is 10.2. The third-order valence-electron chi connectivity index (χ3n) is 2.69. The highest BCUT2D eigenvalue weighted by Gasteiger charge is 2.23. The number of anilines is 1. The van der Waals surface area contributed by atoms with Crippen LogP contribution in [0.1, 0.15) is 23.2 Å². The van der Waals surface area contributed by atoms with Crippen molar-refractivity contribution >= 4 is 29.2 Å². The molecule has 2 N–H and O–H groups in total. The Balaban J connectivity index is 2.07. The smallest absolute Gasteiger partial charge is 0.337 e. The molecule has 1 saturated heterocycles. The molecule has 1 aliphatic heterocycles. The minimum Gasteiger partial charge on any atom is -0.478 e. The predicted molar refractivity (Wildman–Crippen MR) is 66.0 cm³/mol. The van der Waals surface area contributed by atoms with Crippen LogP contribution in [0.3, 0.4) is 0 Å². The van der Waals surface area contributed by atoms with E-state index >= 15 is 0 Å². The fraction of sp³-hybridized carbons (Fsp3) is 0.333. The average Bonchev–Trinajstić information content (AvgIpc) is 2.81. The van der Waals surface area contributed by atoms with E-state index in [0.717, 1.165) is 6.42 Å². The van der Waals surface area contributed by atoms with E-state index in [2.05, 4.69) is 5.32 Å². The second kappa shape index (κ2) is 5.37. The molecule has 18 heavy (non-hydrogen) atoms. The van der Waals surface area contributed by atoms with Crippen molar-refractivity contribution in [2.75, 3.05) is 11.9 Å². The zero-order chi connectivity index (χ0) is 13.1. The summed E-state index contributed by atoms with van der Waals surface area (Å²) in [5.41, 5.74) is 0.470. The number of carboxylic acids is 1. The fourth-order valence-electron chi connectivity index (χ4n) is 1.77. The number of ether oxygens (including phenoxy) is 1. The molecule has 1 aromatic carbocycles. The van der Waals surface area contributed by atoms with Crippen molar-refractivity contribution in [2.45, 2.75) is 18.9 Å². The van der Waals surface area contributed by atoms with Crippen molar-refractivity contribution in [1.82, 2.24) is 0 Å². The van der Waals surface area contributed by atoms with E-state index in [1.165, 1.54) is 18.2 Å². The monoisotopic (exact) mass is 269 g/mol. The molecule has 1 aromatic rings. The van der Waals surface area contributed by atoms with Crippen molar-refractivity contribution in [3.63, 3.8) is 0 Å². The topological polar surface area (TPSA) is 75.6 Å². The summed E-state index contributed by atoms with van der Waals surface area (Å²) in [5, 5.41) is 11.6. The van der Waals surface area contributed by atoms with E-state index in [0.29, 0.717) is 18.7 Å². The molecule has 2 rings (SSSR count). The van der Waals surface area contributed by atoms with Gasteiger partial charge in [-0.15, -0.1) is 0 Å². The Morgan fingerprint density at radius 3 is 2.78 bits per heavy atom. The maximum atomic E-state index is 11.7. The number of rotatable bonds is 3. The Hall–Kier alpha value is -1.59. The summed E-state index contributed by atoms with van der Waals surface area (Å²) in [6.07, 6.45) is 1.15. The van der Waals surface area contributed by atoms with Crippen molar-refractivity contribution in [3.8, 4) is 0 Å². The first-order chi connectivity index (χ1) is 8.58. The Morgan fingerprint density at radius 1 is 1.44 bits per heavy atom. The van der Waals surface area contributed by atoms with Crippen LogP contribution in [-0.4, -0.2) is 29.7 Å². The summed E-state index contributed by atoms with van der Waals surface area (Å²) in [5.74, 6) is -1.33. The number of carbonyl (C=O) groups excluding carboxylic acids is 1. The van der Waals surface area contributed by atoms with Gasteiger partial charge in [0.25, 0.3) is 5.91 Å². The molecule has 0 bridgehead atoms. The van der Waals surface area contributed by atoms with Crippen LogP contribution in [0.5, 0.6) is 0 Å². The number of carboxylic acid groups (broad SMARTS) is 1. The SMILES string of the molecule is O=C(O)c1ccc(NC(=O)[C@@H]2CCCO2)cc1Cl. The van der Waals surface area contributed by atoms with Crippen LogP contribution in [0.4, 0.5) is 5.69 Å². The van der Waals surface area contributed by atoms with Gasteiger partial charge >= 0.3 is 5.97 Å². The normalized spacial score (nSPS) is 18.6. The lowest BCUT2D eigenvalue weighted by Crippen LogP contribution is -2.26.